The van der Waals surface area contributed by atoms with E-state index in [9.17, 15) is 4.79 Å². The number of hydrogen-bond donors (Lipinski definition) is 1. The second-order valence-electron chi connectivity index (χ2n) is 3.47. The zero-order valence-electron chi connectivity index (χ0n) is 8.78. The van der Waals surface area contributed by atoms with Gasteiger partial charge in [0.1, 0.15) is 3.23 Å². The molecular formula is C12H12Br2O2. The molecule has 16 heavy (non-hydrogen) atoms. The molecule has 0 bridgehead atoms. The molecule has 0 spiro atoms. The van der Waals surface area contributed by atoms with Crippen LogP contribution in [0.15, 0.2) is 42.0 Å². The number of carbonyl (C=O) groups is 1. The van der Waals surface area contributed by atoms with E-state index in [1.165, 1.54) is 0 Å². The minimum Gasteiger partial charge on any atom is -0.478 e. The van der Waals surface area contributed by atoms with Gasteiger partial charge in [-0.15, -0.1) is 0 Å². The van der Waals surface area contributed by atoms with Crippen molar-refractivity contribution in [2.75, 3.05) is 0 Å². The highest BCUT2D eigenvalue weighted by Gasteiger charge is 2.23. The Morgan fingerprint density at radius 3 is 2.44 bits per heavy atom. The van der Waals surface area contributed by atoms with E-state index in [0.717, 1.165) is 5.56 Å². The van der Waals surface area contributed by atoms with Gasteiger partial charge in [0.25, 0.3) is 0 Å². The predicted octanol–water partition coefficient (Wildman–Crippen LogP) is 4.05. The number of alkyl halides is 2. The molecule has 1 aromatic rings. The average Bonchev–Trinajstić information content (AvgIpc) is 2.27. The average molecular weight is 348 g/mol. The summed E-state index contributed by atoms with van der Waals surface area (Å²) in [7, 11) is 0. The van der Waals surface area contributed by atoms with Gasteiger partial charge in [-0.3, -0.25) is 0 Å². The summed E-state index contributed by atoms with van der Waals surface area (Å²) in [4.78, 5) is 10.7. The van der Waals surface area contributed by atoms with Gasteiger partial charge in [-0.05, 0) is 18.9 Å². The van der Waals surface area contributed by atoms with E-state index in [1.807, 2.05) is 30.3 Å². The van der Waals surface area contributed by atoms with Crippen molar-refractivity contribution in [1.82, 2.24) is 0 Å². The molecule has 0 saturated heterocycles. The Morgan fingerprint density at radius 2 is 1.94 bits per heavy atom. The van der Waals surface area contributed by atoms with E-state index in [4.69, 9.17) is 5.11 Å². The third kappa shape index (κ3) is 3.76. The van der Waals surface area contributed by atoms with Gasteiger partial charge in [-0.1, -0.05) is 68.3 Å². The van der Waals surface area contributed by atoms with Crippen molar-refractivity contribution in [3.63, 3.8) is 0 Å². The lowest BCUT2D eigenvalue weighted by atomic mass is 10.1. The molecule has 1 rings (SSSR count). The molecule has 0 atom stereocenters. The lowest BCUT2D eigenvalue weighted by molar-refractivity contribution is -0.132. The van der Waals surface area contributed by atoms with Crippen molar-refractivity contribution >= 4 is 37.8 Å². The number of aliphatic carboxylic acids is 1. The molecule has 1 aromatic carbocycles. The van der Waals surface area contributed by atoms with E-state index >= 15 is 0 Å². The van der Waals surface area contributed by atoms with Crippen LogP contribution < -0.4 is 0 Å². The Morgan fingerprint density at radius 1 is 1.38 bits per heavy atom. The van der Waals surface area contributed by atoms with Crippen LogP contribution in [0, 0.1) is 0 Å². The maximum atomic E-state index is 10.7. The SMILES string of the molecule is CC(=CCC(Br)(Br)c1ccccc1)C(=O)O. The van der Waals surface area contributed by atoms with E-state index in [-0.39, 0.29) is 0 Å². The van der Waals surface area contributed by atoms with Crippen LogP contribution in [0.2, 0.25) is 0 Å². The fourth-order valence-corrected chi connectivity index (χ4v) is 2.02. The fourth-order valence-electron chi connectivity index (χ4n) is 1.17. The minimum absolute atomic E-state index is 0.346. The van der Waals surface area contributed by atoms with Crippen LogP contribution in [-0.2, 0) is 8.03 Å². The lowest BCUT2D eigenvalue weighted by Gasteiger charge is -2.19. The number of carboxylic acid groups (broad SMARTS) is 1. The number of benzene rings is 1. The van der Waals surface area contributed by atoms with Gasteiger partial charge in [-0.25, -0.2) is 4.79 Å². The Balaban J connectivity index is 2.81. The summed E-state index contributed by atoms with van der Waals surface area (Å²) in [6, 6.07) is 9.79. The number of carboxylic acids is 1. The molecule has 0 aromatic heterocycles. The van der Waals surface area contributed by atoms with E-state index in [0.29, 0.717) is 12.0 Å². The largest absolute Gasteiger partial charge is 0.478 e. The van der Waals surface area contributed by atoms with Gasteiger partial charge in [0, 0.05) is 5.57 Å². The summed E-state index contributed by atoms with van der Waals surface area (Å²) in [6.07, 6.45) is 2.26. The first kappa shape index (κ1) is 13.5. The normalized spacial score (nSPS) is 12.6. The Kier molecular flexibility index (Phi) is 4.74. The molecule has 4 heteroatoms. The molecule has 0 aliphatic heterocycles. The zero-order valence-corrected chi connectivity index (χ0v) is 12.0. The van der Waals surface area contributed by atoms with E-state index in [1.54, 1.807) is 13.0 Å². The van der Waals surface area contributed by atoms with Crippen LogP contribution in [0.3, 0.4) is 0 Å². The second-order valence-corrected chi connectivity index (χ2v) is 7.24. The number of rotatable bonds is 4. The highest BCUT2D eigenvalue weighted by molar-refractivity contribution is 9.24. The summed E-state index contributed by atoms with van der Waals surface area (Å²) in [6.45, 7) is 1.59. The van der Waals surface area contributed by atoms with Crippen LogP contribution in [0.1, 0.15) is 18.9 Å². The van der Waals surface area contributed by atoms with Crippen molar-refractivity contribution < 1.29 is 9.90 Å². The Labute approximate surface area is 112 Å². The van der Waals surface area contributed by atoms with Gasteiger partial charge < -0.3 is 5.11 Å². The topological polar surface area (TPSA) is 37.3 Å². The molecule has 0 radical (unpaired) electrons. The molecule has 0 saturated carbocycles. The Bertz CT molecular complexity index is 397. The molecule has 86 valence electrons. The minimum atomic E-state index is -0.885. The molecule has 0 amide bonds. The van der Waals surface area contributed by atoms with Crippen LogP contribution in [0.4, 0.5) is 0 Å². The molecule has 0 aliphatic rings. The quantitative estimate of drug-likeness (QED) is 0.659. The molecule has 2 nitrogen and oxygen atoms in total. The maximum Gasteiger partial charge on any atom is 0.330 e. The van der Waals surface area contributed by atoms with Crippen molar-refractivity contribution in [1.29, 1.82) is 0 Å². The highest BCUT2D eigenvalue weighted by atomic mass is 79.9. The van der Waals surface area contributed by atoms with Crippen LogP contribution in [-0.4, -0.2) is 11.1 Å². The molecule has 1 N–H and O–H groups in total. The van der Waals surface area contributed by atoms with Crippen LogP contribution in [0.5, 0.6) is 0 Å². The van der Waals surface area contributed by atoms with Gasteiger partial charge in [-0.2, -0.15) is 0 Å². The van der Waals surface area contributed by atoms with Gasteiger partial charge in [0.05, 0.1) is 0 Å². The standard InChI is InChI=1S/C12H12Br2O2/c1-9(11(15)16)7-8-12(13,14)10-5-3-2-4-6-10/h2-7H,8H2,1H3,(H,15,16). The monoisotopic (exact) mass is 346 g/mol. The predicted molar refractivity (Wildman–Crippen MR) is 72.0 cm³/mol. The summed E-state index contributed by atoms with van der Waals surface area (Å²) < 4.78 is -0.405. The van der Waals surface area contributed by atoms with Crippen molar-refractivity contribution in [3.8, 4) is 0 Å². The van der Waals surface area contributed by atoms with Crippen molar-refractivity contribution in [2.45, 2.75) is 16.6 Å². The molecular weight excluding hydrogens is 336 g/mol. The molecule has 0 fully saturated rings. The summed E-state index contributed by atoms with van der Waals surface area (Å²) in [5.41, 5.74) is 1.41. The fraction of sp³-hybridized carbons (Fsp3) is 0.250. The van der Waals surface area contributed by atoms with Crippen LogP contribution in [0.25, 0.3) is 0 Å². The lowest BCUT2D eigenvalue weighted by Crippen LogP contribution is -2.08. The number of halogens is 2. The van der Waals surface area contributed by atoms with Gasteiger partial charge in [0.2, 0.25) is 0 Å². The first-order chi connectivity index (χ1) is 7.43. The first-order valence-electron chi connectivity index (χ1n) is 4.77. The number of allylic oxidation sites excluding steroid dienone is 1. The smallest absolute Gasteiger partial charge is 0.330 e. The second kappa shape index (κ2) is 5.64. The summed E-state index contributed by atoms with van der Waals surface area (Å²) in [5.74, 6) is -0.885. The Hall–Kier alpha value is -0.610. The molecule has 0 heterocycles. The first-order valence-corrected chi connectivity index (χ1v) is 6.35. The third-order valence-electron chi connectivity index (χ3n) is 2.20. The van der Waals surface area contributed by atoms with E-state index in [2.05, 4.69) is 31.9 Å². The highest BCUT2D eigenvalue weighted by Crippen LogP contribution is 2.41. The van der Waals surface area contributed by atoms with E-state index < -0.39 is 9.20 Å². The molecule has 0 aliphatic carbocycles. The zero-order chi connectivity index (χ0) is 12.2. The van der Waals surface area contributed by atoms with Crippen LogP contribution >= 0.6 is 31.9 Å². The van der Waals surface area contributed by atoms with Crippen molar-refractivity contribution in [2.24, 2.45) is 0 Å². The van der Waals surface area contributed by atoms with Gasteiger partial charge in [0.15, 0.2) is 0 Å². The number of hydrogen-bond acceptors (Lipinski definition) is 1. The van der Waals surface area contributed by atoms with Gasteiger partial charge >= 0.3 is 5.97 Å². The summed E-state index contributed by atoms with van der Waals surface area (Å²) >= 11 is 7.09. The molecule has 0 unspecified atom stereocenters. The third-order valence-corrected chi connectivity index (χ3v) is 3.76. The summed E-state index contributed by atoms with van der Waals surface area (Å²) in [5, 5.41) is 8.75. The van der Waals surface area contributed by atoms with Crippen molar-refractivity contribution in [3.05, 3.63) is 47.5 Å². The maximum absolute atomic E-state index is 10.7.